The van der Waals surface area contributed by atoms with Crippen molar-refractivity contribution < 1.29 is 14.1 Å². The maximum absolute atomic E-state index is 12.3. The van der Waals surface area contributed by atoms with E-state index in [0.29, 0.717) is 17.5 Å². The summed E-state index contributed by atoms with van der Waals surface area (Å²) in [5.41, 5.74) is 4.17. The van der Waals surface area contributed by atoms with Gasteiger partial charge in [0.1, 0.15) is 5.75 Å². The van der Waals surface area contributed by atoms with Crippen molar-refractivity contribution in [2.45, 2.75) is 40.3 Å². The number of hydrogen-bond donors (Lipinski definition) is 1. The Kier molecular flexibility index (Phi) is 5.54. The average molecular weight is 365 g/mol. The molecule has 6 heteroatoms. The fourth-order valence-corrected chi connectivity index (χ4v) is 2.55. The van der Waals surface area contributed by atoms with Gasteiger partial charge in [-0.1, -0.05) is 47.1 Å². The zero-order valence-electron chi connectivity index (χ0n) is 15.9. The minimum Gasteiger partial charge on any atom is -0.481 e. The first kappa shape index (κ1) is 18.6. The Balaban J connectivity index is 1.57. The highest BCUT2D eigenvalue weighted by molar-refractivity contribution is 5.80. The van der Waals surface area contributed by atoms with E-state index in [1.54, 1.807) is 6.92 Å². The van der Waals surface area contributed by atoms with Gasteiger partial charge in [-0.2, -0.15) is 4.98 Å². The van der Waals surface area contributed by atoms with Crippen molar-refractivity contribution in [3.05, 3.63) is 65.0 Å². The van der Waals surface area contributed by atoms with Gasteiger partial charge in [-0.3, -0.25) is 4.79 Å². The molecule has 2 aromatic carbocycles. The number of amides is 1. The highest BCUT2D eigenvalue weighted by Crippen LogP contribution is 2.22. The van der Waals surface area contributed by atoms with Crippen molar-refractivity contribution in [1.82, 2.24) is 15.5 Å². The molecule has 140 valence electrons. The van der Waals surface area contributed by atoms with Crippen molar-refractivity contribution in [1.29, 1.82) is 0 Å². The number of carbonyl (C=O) groups is 1. The predicted octanol–water partition coefficient (Wildman–Crippen LogP) is 3.75. The zero-order chi connectivity index (χ0) is 19.4. The monoisotopic (exact) mass is 365 g/mol. The highest BCUT2D eigenvalue weighted by Gasteiger charge is 2.17. The molecule has 1 atom stereocenters. The van der Waals surface area contributed by atoms with Crippen LogP contribution in [0.5, 0.6) is 5.75 Å². The fraction of sp³-hybridized carbons (Fsp3) is 0.286. The van der Waals surface area contributed by atoms with E-state index in [0.717, 1.165) is 22.3 Å². The maximum atomic E-state index is 12.3. The molecule has 3 aromatic rings. The fourth-order valence-electron chi connectivity index (χ4n) is 2.55. The number of hydrogen-bond acceptors (Lipinski definition) is 5. The Morgan fingerprint density at radius 2 is 1.89 bits per heavy atom. The van der Waals surface area contributed by atoms with E-state index in [2.05, 4.69) is 15.5 Å². The number of aromatic nitrogens is 2. The summed E-state index contributed by atoms with van der Waals surface area (Å²) in [5, 5.41) is 6.73. The van der Waals surface area contributed by atoms with Gasteiger partial charge in [-0.05, 0) is 44.9 Å². The molecule has 27 heavy (non-hydrogen) atoms. The molecule has 0 aliphatic carbocycles. The Bertz CT molecular complexity index is 932. The second-order valence-corrected chi connectivity index (χ2v) is 6.55. The summed E-state index contributed by atoms with van der Waals surface area (Å²) in [5.74, 6) is 1.31. The molecule has 0 spiro atoms. The van der Waals surface area contributed by atoms with Crippen LogP contribution in [-0.2, 0) is 11.3 Å². The quantitative estimate of drug-likeness (QED) is 0.720. The molecule has 0 fully saturated rings. The van der Waals surface area contributed by atoms with E-state index in [1.165, 1.54) is 0 Å². The normalized spacial score (nSPS) is 11.9. The van der Waals surface area contributed by atoms with Crippen LogP contribution < -0.4 is 10.1 Å². The molecule has 1 N–H and O–H groups in total. The van der Waals surface area contributed by atoms with Crippen LogP contribution >= 0.6 is 0 Å². The molecule has 0 radical (unpaired) electrons. The zero-order valence-corrected chi connectivity index (χ0v) is 15.9. The van der Waals surface area contributed by atoms with E-state index >= 15 is 0 Å². The van der Waals surface area contributed by atoms with Gasteiger partial charge >= 0.3 is 0 Å². The Morgan fingerprint density at radius 3 is 2.63 bits per heavy atom. The molecule has 0 aliphatic rings. The number of ether oxygens (including phenoxy) is 1. The van der Waals surface area contributed by atoms with Gasteiger partial charge < -0.3 is 14.6 Å². The third-order valence-corrected chi connectivity index (χ3v) is 4.42. The first-order chi connectivity index (χ1) is 12.9. The molecule has 0 bridgehead atoms. The summed E-state index contributed by atoms with van der Waals surface area (Å²) < 4.78 is 11.0. The first-order valence-electron chi connectivity index (χ1n) is 8.84. The second-order valence-electron chi connectivity index (χ2n) is 6.55. The van der Waals surface area contributed by atoms with Gasteiger partial charge in [0.05, 0.1) is 6.54 Å². The number of rotatable bonds is 6. The van der Waals surface area contributed by atoms with Gasteiger partial charge in [-0.15, -0.1) is 0 Å². The molecule has 6 nitrogen and oxygen atoms in total. The topological polar surface area (TPSA) is 77.2 Å². The lowest BCUT2D eigenvalue weighted by atomic mass is 10.1. The number of nitrogens with one attached hydrogen (secondary N) is 1. The molecular formula is C21H23N3O3. The predicted molar refractivity (Wildman–Crippen MR) is 102 cm³/mol. The molecule has 0 aliphatic heterocycles. The lowest BCUT2D eigenvalue weighted by Crippen LogP contribution is -2.36. The lowest BCUT2D eigenvalue weighted by molar-refractivity contribution is -0.127. The van der Waals surface area contributed by atoms with Crippen molar-refractivity contribution in [2.75, 3.05) is 0 Å². The van der Waals surface area contributed by atoms with Crippen molar-refractivity contribution in [3.63, 3.8) is 0 Å². The van der Waals surface area contributed by atoms with Crippen LogP contribution in [0.3, 0.4) is 0 Å². The minimum absolute atomic E-state index is 0.151. The molecule has 1 heterocycles. The SMILES string of the molecule is Cc1ccc(-c2noc(CNC(=O)C(C)Oc3cccc(C)c3C)n2)cc1. The maximum Gasteiger partial charge on any atom is 0.261 e. The molecule has 0 saturated heterocycles. The Hall–Kier alpha value is -3.15. The number of nitrogens with zero attached hydrogens (tertiary/aromatic N) is 2. The molecule has 1 unspecified atom stereocenters. The molecule has 0 saturated carbocycles. The largest absolute Gasteiger partial charge is 0.481 e. The summed E-state index contributed by atoms with van der Waals surface area (Å²) in [6.45, 7) is 7.86. The van der Waals surface area contributed by atoms with E-state index in [4.69, 9.17) is 9.26 Å². The van der Waals surface area contributed by atoms with Crippen LogP contribution in [-0.4, -0.2) is 22.2 Å². The highest BCUT2D eigenvalue weighted by atomic mass is 16.5. The third-order valence-electron chi connectivity index (χ3n) is 4.42. The van der Waals surface area contributed by atoms with Gasteiger partial charge in [0.15, 0.2) is 6.10 Å². The second kappa shape index (κ2) is 8.03. The van der Waals surface area contributed by atoms with E-state index in [9.17, 15) is 4.79 Å². The summed E-state index contributed by atoms with van der Waals surface area (Å²) in [4.78, 5) is 16.6. The number of carbonyl (C=O) groups excluding carboxylic acids is 1. The molecule has 3 rings (SSSR count). The van der Waals surface area contributed by atoms with Crippen molar-refractivity contribution in [2.24, 2.45) is 0 Å². The Morgan fingerprint density at radius 1 is 1.15 bits per heavy atom. The van der Waals surface area contributed by atoms with Crippen LogP contribution in [0.25, 0.3) is 11.4 Å². The summed E-state index contributed by atoms with van der Waals surface area (Å²) >= 11 is 0. The van der Waals surface area contributed by atoms with Crippen LogP contribution in [0.15, 0.2) is 47.0 Å². The van der Waals surface area contributed by atoms with Crippen LogP contribution in [0.1, 0.15) is 29.5 Å². The van der Waals surface area contributed by atoms with Crippen molar-refractivity contribution >= 4 is 5.91 Å². The summed E-state index contributed by atoms with van der Waals surface area (Å²) in [6.07, 6.45) is -0.634. The molecule has 1 amide bonds. The lowest BCUT2D eigenvalue weighted by Gasteiger charge is -2.16. The van der Waals surface area contributed by atoms with Crippen LogP contribution in [0.4, 0.5) is 0 Å². The number of aryl methyl sites for hydroxylation is 2. The first-order valence-corrected chi connectivity index (χ1v) is 8.84. The number of benzene rings is 2. The minimum atomic E-state index is -0.634. The van der Waals surface area contributed by atoms with E-state index in [-0.39, 0.29) is 12.5 Å². The van der Waals surface area contributed by atoms with Crippen LogP contribution in [0.2, 0.25) is 0 Å². The van der Waals surface area contributed by atoms with E-state index in [1.807, 2.05) is 63.2 Å². The van der Waals surface area contributed by atoms with Gasteiger partial charge in [0.25, 0.3) is 5.91 Å². The van der Waals surface area contributed by atoms with Gasteiger partial charge in [0, 0.05) is 5.56 Å². The molecular weight excluding hydrogens is 342 g/mol. The van der Waals surface area contributed by atoms with Gasteiger partial charge in [-0.25, -0.2) is 0 Å². The van der Waals surface area contributed by atoms with Crippen LogP contribution in [0, 0.1) is 20.8 Å². The Labute approximate surface area is 158 Å². The molecule has 1 aromatic heterocycles. The third kappa shape index (κ3) is 4.53. The smallest absolute Gasteiger partial charge is 0.261 e. The van der Waals surface area contributed by atoms with E-state index < -0.39 is 6.10 Å². The average Bonchev–Trinajstić information content (AvgIpc) is 3.13. The van der Waals surface area contributed by atoms with Gasteiger partial charge in [0.2, 0.25) is 11.7 Å². The summed E-state index contributed by atoms with van der Waals surface area (Å²) in [6, 6.07) is 13.6. The standard InChI is InChI=1S/C21H23N3O3/c1-13-8-10-17(11-9-13)20-23-19(27-24-20)12-22-21(25)16(4)26-18-7-5-6-14(2)15(18)3/h5-11,16H,12H2,1-4H3,(H,22,25). The summed E-state index contributed by atoms with van der Waals surface area (Å²) in [7, 11) is 0. The van der Waals surface area contributed by atoms with Crippen molar-refractivity contribution in [3.8, 4) is 17.1 Å².